The summed E-state index contributed by atoms with van der Waals surface area (Å²) in [7, 11) is -3.22. The molecule has 1 heterocycles. The summed E-state index contributed by atoms with van der Waals surface area (Å²) >= 11 is 3.37. The molecule has 2 unspecified atom stereocenters. The quantitative estimate of drug-likeness (QED) is 0.922. The zero-order valence-electron chi connectivity index (χ0n) is 10.6. The van der Waals surface area contributed by atoms with Crippen molar-refractivity contribution in [3.63, 3.8) is 0 Å². The molecular formula is C13H18BrNO2S. The van der Waals surface area contributed by atoms with E-state index in [1.165, 1.54) is 0 Å². The summed E-state index contributed by atoms with van der Waals surface area (Å²) < 4.78 is 25.8. The van der Waals surface area contributed by atoms with Crippen LogP contribution in [0.2, 0.25) is 0 Å². The molecule has 3 nitrogen and oxygen atoms in total. The molecule has 0 aliphatic carbocycles. The third kappa shape index (κ3) is 2.12. The van der Waals surface area contributed by atoms with Gasteiger partial charge in [0, 0.05) is 4.47 Å². The molecule has 2 rings (SSSR count). The van der Waals surface area contributed by atoms with E-state index in [4.69, 9.17) is 0 Å². The SMILES string of the molecule is CCCNC1c2cccc(Br)c2S(=O)(=O)C1CC. The summed E-state index contributed by atoms with van der Waals surface area (Å²) in [4.78, 5) is 0.477. The van der Waals surface area contributed by atoms with E-state index in [2.05, 4.69) is 28.2 Å². The van der Waals surface area contributed by atoms with E-state index >= 15 is 0 Å². The molecule has 0 saturated carbocycles. The van der Waals surface area contributed by atoms with Crippen LogP contribution in [0.15, 0.2) is 27.6 Å². The van der Waals surface area contributed by atoms with Crippen LogP contribution in [-0.2, 0) is 9.84 Å². The number of benzene rings is 1. The first kappa shape index (κ1) is 14.0. The average molecular weight is 332 g/mol. The van der Waals surface area contributed by atoms with E-state index in [0.29, 0.717) is 15.8 Å². The summed E-state index contributed by atoms with van der Waals surface area (Å²) in [6.07, 6.45) is 1.63. The molecular weight excluding hydrogens is 314 g/mol. The maximum atomic E-state index is 12.5. The predicted molar refractivity (Wildman–Crippen MR) is 76.4 cm³/mol. The molecule has 1 aromatic carbocycles. The first-order valence-electron chi connectivity index (χ1n) is 6.29. The lowest BCUT2D eigenvalue weighted by Gasteiger charge is -2.19. The van der Waals surface area contributed by atoms with Crippen molar-refractivity contribution in [3.05, 3.63) is 28.2 Å². The Morgan fingerprint density at radius 1 is 1.33 bits per heavy atom. The van der Waals surface area contributed by atoms with Crippen molar-refractivity contribution in [2.24, 2.45) is 0 Å². The van der Waals surface area contributed by atoms with Gasteiger partial charge in [-0.15, -0.1) is 0 Å². The fourth-order valence-corrected chi connectivity index (χ4v) is 5.86. The van der Waals surface area contributed by atoms with Gasteiger partial charge in [0.25, 0.3) is 0 Å². The minimum absolute atomic E-state index is 0.0764. The lowest BCUT2D eigenvalue weighted by atomic mass is 10.0. The zero-order chi connectivity index (χ0) is 13.3. The van der Waals surface area contributed by atoms with Crippen molar-refractivity contribution in [2.45, 2.75) is 42.9 Å². The highest BCUT2D eigenvalue weighted by Crippen LogP contribution is 2.43. The second-order valence-electron chi connectivity index (χ2n) is 4.58. The molecule has 1 aliphatic rings. The molecule has 0 fully saturated rings. The van der Waals surface area contributed by atoms with Crippen LogP contribution in [0.25, 0.3) is 0 Å². The Bertz CT molecular complexity index is 542. The molecule has 0 bridgehead atoms. The lowest BCUT2D eigenvalue weighted by Crippen LogP contribution is -2.31. The number of hydrogen-bond acceptors (Lipinski definition) is 3. The van der Waals surface area contributed by atoms with Gasteiger partial charge in [-0.3, -0.25) is 0 Å². The van der Waals surface area contributed by atoms with Crippen LogP contribution in [0, 0.1) is 0 Å². The van der Waals surface area contributed by atoms with E-state index in [0.717, 1.165) is 18.5 Å². The lowest BCUT2D eigenvalue weighted by molar-refractivity contribution is 0.493. The van der Waals surface area contributed by atoms with Crippen LogP contribution >= 0.6 is 15.9 Å². The standard InChI is InChI=1S/C13H18BrNO2S/c1-3-8-15-12-9-6-5-7-10(14)13(9)18(16,17)11(12)4-2/h5-7,11-12,15H,3-4,8H2,1-2H3. The molecule has 1 aliphatic heterocycles. The van der Waals surface area contributed by atoms with E-state index < -0.39 is 9.84 Å². The van der Waals surface area contributed by atoms with Crippen LogP contribution in [0.1, 0.15) is 38.3 Å². The Morgan fingerprint density at radius 2 is 2.06 bits per heavy atom. The van der Waals surface area contributed by atoms with Gasteiger partial charge in [0.2, 0.25) is 0 Å². The van der Waals surface area contributed by atoms with Crippen molar-refractivity contribution in [2.75, 3.05) is 6.54 Å². The largest absolute Gasteiger partial charge is 0.309 e. The molecule has 1 aromatic rings. The van der Waals surface area contributed by atoms with Gasteiger partial charge in [-0.2, -0.15) is 0 Å². The van der Waals surface area contributed by atoms with Crippen LogP contribution < -0.4 is 5.32 Å². The fourth-order valence-electron chi connectivity index (χ4n) is 2.60. The second-order valence-corrected chi connectivity index (χ2v) is 7.54. The van der Waals surface area contributed by atoms with E-state index in [1.54, 1.807) is 6.07 Å². The third-order valence-corrected chi connectivity index (χ3v) is 6.75. The fraction of sp³-hybridized carbons (Fsp3) is 0.538. The maximum absolute atomic E-state index is 12.5. The highest BCUT2D eigenvalue weighted by molar-refractivity contribution is 9.10. The van der Waals surface area contributed by atoms with Gasteiger partial charge in [0.1, 0.15) is 0 Å². The van der Waals surface area contributed by atoms with Crippen molar-refractivity contribution in [1.29, 1.82) is 0 Å². The summed E-state index contributed by atoms with van der Waals surface area (Å²) in [5.74, 6) is 0. The number of nitrogens with one attached hydrogen (secondary N) is 1. The smallest absolute Gasteiger partial charge is 0.184 e. The van der Waals surface area contributed by atoms with Crippen molar-refractivity contribution >= 4 is 25.8 Å². The molecule has 0 spiro atoms. The van der Waals surface area contributed by atoms with Crippen molar-refractivity contribution < 1.29 is 8.42 Å². The Labute approximate surface area is 117 Å². The first-order chi connectivity index (χ1) is 8.54. The molecule has 0 saturated heterocycles. The zero-order valence-corrected chi connectivity index (χ0v) is 13.0. The normalized spacial score (nSPS) is 25.1. The Hall–Kier alpha value is -0.390. The summed E-state index contributed by atoms with van der Waals surface area (Å²) in [6, 6.07) is 5.54. The predicted octanol–water partition coefficient (Wildman–Crippen LogP) is 3.06. The highest BCUT2D eigenvalue weighted by atomic mass is 79.9. The van der Waals surface area contributed by atoms with Crippen LogP contribution in [-0.4, -0.2) is 20.2 Å². The maximum Gasteiger partial charge on any atom is 0.184 e. The average Bonchev–Trinajstić information content (AvgIpc) is 2.55. The molecule has 5 heteroatoms. The summed E-state index contributed by atoms with van der Waals surface area (Å²) in [5.41, 5.74) is 0.907. The number of hydrogen-bond donors (Lipinski definition) is 1. The van der Waals surface area contributed by atoms with E-state index in [-0.39, 0.29) is 11.3 Å². The van der Waals surface area contributed by atoms with Gasteiger partial charge in [-0.05, 0) is 46.9 Å². The highest BCUT2D eigenvalue weighted by Gasteiger charge is 2.44. The summed E-state index contributed by atoms with van der Waals surface area (Å²) in [6.45, 7) is 4.85. The molecule has 2 atom stereocenters. The molecule has 0 radical (unpaired) electrons. The van der Waals surface area contributed by atoms with E-state index in [9.17, 15) is 8.42 Å². The van der Waals surface area contributed by atoms with E-state index in [1.807, 2.05) is 19.1 Å². The number of rotatable bonds is 4. The van der Waals surface area contributed by atoms with Crippen LogP contribution in [0.4, 0.5) is 0 Å². The molecule has 1 N–H and O–H groups in total. The van der Waals surface area contributed by atoms with Crippen molar-refractivity contribution in [3.8, 4) is 0 Å². The Kier molecular flexibility index (Phi) is 4.14. The number of sulfone groups is 1. The van der Waals surface area contributed by atoms with Crippen LogP contribution in [0.3, 0.4) is 0 Å². The second kappa shape index (κ2) is 5.31. The monoisotopic (exact) mass is 331 g/mol. The Balaban J connectivity index is 2.54. The number of fused-ring (bicyclic) bond motifs is 1. The van der Waals surface area contributed by atoms with Gasteiger partial charge >= 0.3 is 0 Å². The van der Waals surface area contributed by atoms with Crippen molar-refractivity contribution in [1.82, 2.24) is 5.32 Å². The Morgan fingerprint density at radius 3 is 2.67 bits per heavy atom. The van der Waals surface area contributed by atoms with Crippen LogP contribution in [0.5, 0.6) is 0 Å². The minimum Gasteiger partial charge on any atom is -0.309 e. The number of halogens is 1. The first-order valence-corrected chi connectivity index (χ1v) is 8.63. The topological polar surface area (TPSA) is 46.2 Å². The van der Waals surface area contributed by atoms with Gasteiger partial charge in [0.05, 0.1) is 16.2 Å². The van der Waals surface area contributed by atoms with Gasteiger partial charge in [0.15, 0.2) is 9.84 Å². The molecule has 0 aromatic heterocycles. The van der Waals surface area contributed by atoms with Gasteiger partial charge in [-0.1, -0.05) is 26.0 Å². The third-order valence-electron chi connectivity index (χ3n) is 3.40. The van der Waals surface area contributed by atoms with Gasteiger partial charge < -0.3 is 5.32 Å². The summed E-state index contributed by atoms with van der Waals surface area (Å²) in [5, 5.41) is 3.02. The molecule has 100 valence electrons. The molecule has 18 heavy (non-hydrogen) atoms. The minimum atomic E-state index is -3.22. The van der Waals surface area contributed by atoms with Gasteiger partial charge in [-0.25, -0.2) is 8.42 Å². The molecule has 0 amide bonds.